The van der Waals surface area contributed by atoms with E-state index in [1.165, 1.54) is 5.56 Å². The Morgan fingerprint density at radius 3 is 2.57 bits per heavy atom. The normalized spacial score (nSPS) is 13.9. The van der Waals surface area contributed by atoms with Crippen molar-refractivity contribution in [1.29, 1.82) is 0 Å². The summed E-state index contributed by atoms with van der Waals surface area (Å²) in [5.41, 5.74) is 1.40. The van der Waals surface area contributed by atoms with Crippen molar-refractivity contribution in [3.63, 3.8) is 0 Å². The van der Waals surface area contributed by atoms with Gasteiger partial charge < -0.3 is 10.2 Å². The molecule has 2 rings (SSSR count). The van der Waals surface area contributed by atoms with Gasteiger partial charge in [0.2, 0.25) is 0 Å². The predicted molar refractivity (Wildman–Crippen MR) is 92.3 cm³/mol. The van der Waals surface area contributed by atoms with E-state index in [0.29, 0.717) is 6.04 Å². The Balaban J connectivity index is 2.33. The molecule has 0 spiro atoms. The minimum absolute atomic E-state index is 0.151. The standard InChI is InChI=1S/C16H26N4S/c1-10-8-21-15-13(10)14(18-12(3)19-15)17-11(2)16(4,5)9-20(6)7/h8,11H,9H2,1-7H3,(H,17,18,19). The Labute approximate surface area is 131 Å². The lowest BCUT2D eigenvalue weighted by atomic mass is 9.85. The molecule has 0 fully saturated rings. The molecule has 0 aliphatic rings. The smallest absolute Gasteiger partial charge is 0.139 e. The molecule has 1 N–H and O–H groups in total. The van der Waals surface area contributed by atoms with Gasteiger partial charge in [0.05, 0.1) is 5.39 Å². The third-order valence-corrected chi connectivity index (χ3v) is 4.97. The highest BCUT2D eigenvalue weighted by Gasteiger charge is 2.27. The second-order valence-electron chi connectivity index (χ2n) is 6.81. The molecular weight excluding hydrogens is 280 g/mol. The molecule has 2 heterocycles. The first-order valence-electron chi connectivity index (χ1n) is 7.34. The van der Waals surface area contributed by atoms with Crippen LogP contribution >= 0.6 is 11.3 Å². The van der Waals surface area contributed by atoms with Gasteiger partial charge in [-0.15, -0.1) is 11.3 Å². The Morgan fingerprint density at radius 2 is 1.95 bits per heavy atom. The molecule has 2 aromatic rings. The van der Waals surface area contributed by atoms with Crippen molar-refractivity contribution in [1.82, 2.24) is 14.9 Å². The number of fused-ring (bicyclic) bond motifs is 1. The summed E-state index contributed by atoms with van der Waals surface area (Å²) >= 11 is 1.69. The number of aromatic nitrogens is 2. The van der Waals surface area contributed by atoms with E-state index in [0.717, 1.165) is 28.4 Å². The lowest BCUT2D eigenvalue weighted by molar-refractivity contribution is 0.217. The third kappa shape index (κ3) is 3.52. The van der Waals surface area contributed by atoms with Crippen LogP contribution in [0.15, 0.2) is 5.38 Å². The molecule has 0 aromatic carbocycles. The summed E-state index contributed by atoms with van der Waals surface area (Å²) in [5.74, 6) is 1.79. The van der Waals surface area contributed by atoms with Gasteiger partial charge in [-0.1, -0.05) is 13.8 Å². The lowest BCUT2D eigenvalue weighted by Gasteiger charge is -2.35. The summed E-state index contributed by atoms with van der Waals surface area (Å²) in [6.45, 7) is 11.9. The van der Waals surface area contributed by atoms with Crippen LogP contribution in [-0.2, 0) is 0 Å². The fraction of sp³-hybridized carbons (Fsp3) is 0.625. The zero-order chi connectivity index (χ0) is 15.8. The minimum Gasteiger partial charge on any atom is -0.366 e. The molecule has 0 amide bonds. The van der Waals surface area contributed by atoms with Crippen LogP contribution in [0.2, 0.25) is 0 Å². The summed E-state index contributed by atoms with van der Waals surface area (Å²) in [6, 6.07) is 0.316. The number of nitrogens with one attached hydrogen (secondary N) is 1. The van der Waals surface area contributed by atoms with Crippen molar-refractivity contribution in [3.05, 3.63) is 16.8 Å². The highest BCUT2D eigenvalue weighted by molar-refractivity contribution is 7.17. The summed E-state index contributed by atoms with van der Waals surface area (Å²) < 4.78 is 0. The van der Waals surface area contributed by atoms with Crippen LogP contribution in [0.25, 0.3) is 10.2 Å². The summed E-state index contributed by atoms with van der Waals surface area (Å²) in [7, 11) is 4.23. The van der Waals surface area contributed by atoms with Crippen LogP contribution in [0.3, 0.4) is 0 Å². The van der Waals surface area contributed by atoms with Crippen molar-refractivity contribution in [3.8, 4) is 0 Å². The SMILES string of the molecule is Cc1nc(NC(C)C(C)(C)CN(C)C)c2c(C)csc2n1. The molecule has 116 valence electrons. The summed E-state index contributed by atoms with van der Waals surface area (Å²) in [6.07, 6.45) is 0. The first kappa shape index (κ1) is 16.2. The molecule has 5 heteroatoms. The van der Waals surface area contributed by atoms with E-state index in [1.807, 2.05) is 6.92 Å². The number of nitrogens with zero attached hydrogens (tertiary/aromatic N) is 3. The first-order valence-corrected chi connectivity index (χ1v) is 8.22. The molecule has 21 heavy (non-hydrogen) atoms. The maximum absolute atomic E-state index is 4.64. The van der Waals surface area contributed by atoms with Crippen LogP contribution in [0.5, 0.6) is 0 Å². The molecule has 1 atom stereocenters. The fourth-order valence-corrected chi connectivity index (χ4v) is 3.61. The van der Waals surface area contributed by atoms with Crippen molar-refractivity contribution in [2.24, 2.45) is 5.41 Å². The average Bonchev–Trinajstić information content (AvgIpc) is 2.69. The second kappa shape index (κ2) is 5.89. The number of rotatable bonds is 5. The van der Waals surface area contributed by atoms with Gasteiger partial charge in [0.1, 0.15) is 16.5 Å². The van der Waals surface area contributed by atoms with Gasteiger partial charge in [0.15, 0.2) is 0 Å². The molecule has 1 unspecified atom stereocenters. The lowest BCUT2D eigenvalue weighted by Crippen LogP contribution is -2.41. The van der Waals surface area contributed by atoms with Crippen LogP contribution in [0, 0.1) is 19.3 Å². The molecule has 0 saturated carbocycles. The number of aryl methyl sites for hydroxylation is 2. The van der Waals surface area contributed by atoms with Gasteiger partial charge in [-0.3, -0.25) is 0 Å². The van der Waals surface area contributed by atoms with Crippen LogP contribution in [0.1, 0.15) is 32.2 Å². The highest BCUT2D eigenvalue weighted by Crippen LogP contribution is 2.32. The largest absolute Gasteiger partial charge is 0.366 e. The molecule has 0 saturated heterocycles. The first-order chi connectivity index (χ1) is 9.70. The van der Waals surface area contributed by atoms with Gasteiger partial charge in [-0.05, 0) is 51.2 Å². The zero-order valence-electron chi connectivity index (χ0n) is 14.1. The van der Waals surface area contributed by atoms with E-state index in [2.05, 4.69) is 67.4 Å². The fourth-order valence-electron chi connectivity index (χ4n) is 2.65. The van der Waals surface area contributed by atoms with E-state index in [1.54, 1.807) is 11.3 Å². The van der Waals surface area contributed by atoms with Gasteiger partial charge in [0, 0.05) is 12.6 Å². The van der Waals surface area contributed by atoms with E-state index in [4.69, 9.17) is 0 Å². The number of hydrogen-bond donors (Lipinski definition) is 1. The van der Waals surface area contributed by atoms with Crippen LogP contribution in [0.4, 0.5) is 5.82 Å². The minimum atomic E-state index is 0.151. The number of anilines is 1. The molecular formula is C16H26N4S. The zero-order valence-corrected chi connectivity index (χ0v) is 14.9. The second-order valence-corrected chi connectivity index (χ2v) is 7.67. The summed E-state index contributed by atoms with van der Waals surface area (Å²) in [4.78, 5) is 12.5. The van der Waals surface area contributed by atoms with Gasteiger partial charge >= 0.3 is 0 Å². The Kier molecular flexibility index (Phi) is 4.54. The molecule has 0 bridgehead atoms. The average molecular weight is 306 g/mol. The Morgan fingerprint density at radius 1 is 1.29 bits per heavy atom. The van der Waals surface area contributed by atoms with Gasteiger partial charge in [-0.25, -0.2) is 9.97 Å². The monoisotopic (exact) mass is 306 g/mol. The quantitative estimate of drug-likeness (QED) is 0.914. The maximum Gasteiger partial charge on any atom is 0.139 e. The Bertz CT molecular complexity index is 630. The number of thiophene rings is 1. The van der Waals surface area contributed by atoms with Crippen LogP contribution in [-0.4, -0.2) is 41.5 Å². The van der Waals surface area contributed by atoms with Crippen molar-refractivity contribution >= 4 is 27.4 Å². The predicted octanol–water partition coefficient (Wildman–Crippen LogP) is 3.70. The Hall–Kier alpha value is -1.20. The maximum atomic E-state index is 4.64. The third-order valence-electron chi connectivity index (χ3n) is 3.98. The topological polar surface area (TPSA) is 41.1 Å². The van der Waals surface area contributed by atoms with E-state index in [9.17, 15) is 0 Å². The summed E-state index contributed by atoms with van der Waals surface area (Å²) in [5, 5.41) is 6.94. The van der Waals surface area contributed by atoms with Crippen molar-refractivity contribution in [2.45, 2.75) is 40.7 Å². The molecule has 0 aliphatic carbocycles. The molecule has 0 radical (unpaired) electrons. The van der Waals surface area contributed by atoms with Crippen molar-refractivity contribution < 1.29 is 0 Å². The highest BCUT2D eigenvalue weighted by atomic mass is 32.1. The number of hydrogen-bond acceptors (Lipinski definition) is 5. The molecule has 2 aromatic heterocycles. The molecule has 0 aliphatic heterocycles. The molecule has 4 nitrogen and oxygen atoms in total. The van der Waals surface area contributed by atoms with E-state index >= 15 is 0 Å². The van der Waals surface area contributed by atoms with Gasteiger partial charge in [-0.2, -0.15) is 0 Å². The van der Waals surface area contributed by atoms with Crippen molar-refractivity contribution in [2.75, 3.05) is 26.0 Å². The van der Waals surface area contributed by atoms with E-state index in [-0.39, 0.29) is 5.41 Å². The van der Waals surface area contributed by atoms with Gasteiger partial charge in [0.25, 0.3) is 0 Å². The van der Waals surface area contributed by atoms with E-state index < -0.39 is 0 Å². The van der Waals surface area contributed by atoms with Crippen LogP contribution < -0.4 is 5.32 Å².